The van der Waals surface area contributed by atoms with E-state index in [1.165, 1.54) is 12.8 Å². The Morgan fingerprint density at radius 2 is 1.87 bits per heavy atom. The van der Waals surface area contributed by atoms with Gasteiger partial charge in [0.05, 0.1) is 5.69 Å². The summed E-state index contributed by atoms with van der Waals surface area (Å²) in [4.78, 5) is 19.6. The number of fused-ring (bicyclic) bond motifs is 1. The highest BCUT2D eigenvalue weighted by Crippen LogP contribution is 2.30. The number of nitrogens with zero attached hydrogens (tertiary/aromatic N) is 3. The number of pyridine rings is 1. The molecular weight excluding hydrogens is 388 g/mol. The van der Waals surface area contributed by atoms with Crippen LogP contribution in [0.5, 0.6) is 0 Å². The van der Waals surface area contributed by atoms with Crippen molar-refractivity contribution in [3.05, 3.63) is 71.5 Å². The summed E-state index contributed by atoms with van der Waals surface area (Å²) in [6, 6.07) is 15.6. The number of amides is 1. The zero-order valence-electron chi connectivity index (χ0n) is 17.7. The summed E-state index contributed by atoms with van der Waals surface area (Å²) in [6.07, 6.45) is 4.05. The molecule has 2 aromatic carbocycles. The molecule has 4 aromatic rings. The molecular formula is C25H24N4O2. The minimum atomic E-state index is -0.136. The average molecular weight is 412 g/mol. The Kier molecular flexibility index (Phi) is 4.90. The van der Waals surface area contributed by atoms with Gasteiger partial charge in [0.25, 0.3) is 5.91 Å². The van der Waals surface area contributed by atoms with E-state index in [4.69, 9.17) is 4.52 Å². The van der Waals surface area contributed by atoms with E-state index in [0.29, 0.717) is 5.56 Å². The van der Waals surface area contributed by atoms with Crippen molar-refractivity contribution in [3.8, 4) is 11.1 Å². The van der Waals surface area contributed by atoms with Crippen LogP contribution in [0.25, 0.3) is 22.1 Å². The Bertz CT molecular complexity index is 1270. The maximum atomic E-state index is 12.9. The van der Waals surface area contributed by atoms with Gasteiger partial charge in [0.1, 0.15) is 5.82 Å². The van der Waals surface area contributed by atoms with E-state index in [2.05, 4.69) is 33.3 Å². The predicted molar refractivity (Wildman–Crippen MR) is 123 cm³/mol. The van der Waals surface area contributed by atoms with Gasteiger partial charge in [0.2, 0.25) is 0 Å². The Labute approximate surface area is 180 Å². The fraction of sp³-hybridized carbons (Fsp3) is 0.240. The Balaban J connectivity index is 1.41. The Morgan fingerprint density at radius 3 is 2.71 bits per heavy atom. The van der Waals surface area contributed by atoms with Crippen LogP contribution in [0.2, 0.25) is 0 Å². The van der Waals surface area contributed by atoms with Crippen molar-refractivity contribution >= 4 is 28.4 Å². The van der Waals surface area contributed by atoms with Gasteiger partial charge in [0, 0.05) is 35.9 Å². The maximum Gasteiger partial charge on any atom is 0.255 e. The summed E-state index contributed by atoms with van der Waals surface area (Å²) in [7, 11) is 0. The van der Waals surface area contributed by atoms with Crippen LogP contribution >= 0.6 is 0 Å². The quantitative estimate of drug-likeness (QED) is 0.489. The number of rotatable bonds is 4. The van der Waals surface area contributed by atoms with Crippen LogP contribution in [-0.4, -0.2) is 29.1 Å². The minimum absolute atomic E-state index is 0.136. The van der Waals surface area contributed by atoms with Crippen LogP contribution in [-0.2, 0) is 0 Å². The molecule has 1 aliphatic rings. The molecule has 1 amide bonds. The Hall–Kier alpha value is -3.67. The zero-order valence-corrected chi connectivity index (χ0v) is 17.7. The van der Waals surface area contributed by atoms with Crippen LogP contribution in [0, 0.1) is 13.8 Å². The standard InChI is InChI=1S/C25H24N4O2/c1-16-5-7-20(15-21(16)18-6-8-23-22(13-18)17(2)28-31-23)27-25(30)19-9-10-26-24(14-19)29-11-3-4-12-29/h5-10,13-15H,3-4,11-12H2,1-2H3,(H,27,30). The number of benzene rings is 2. The van der Waals surface area contributed by atoms with E-state index in [1.54, 1.807) is 12.3 Å². The third-order valence-corrected chi connectivity index (χ3v) is 5.89. The van der Waals surface area contributed by atoms with Gasteiger partial charge < -0.3 is 14.7 Å². The first-order chi connectivity index (χ1) is 15.1. The lowest BCUT2D eigenvalue weighted by Crippen LogP contribution is -2.20. The molecule has 0 spiro atoms. The van der Waals surface area contributed by atoms with E-state index >= 15 is 0 Å². The molecule has 6 heteroatoms. The van der Waals surface area contributed by atoms with Gasteiger partial charge in [-0.25, -0.2) is 4.98 Å². The number of nitrogens with one attached hydrogen (secondary N) is 1. The summed E-state index contributed by atoms with van der Waals surface area (Å²) in [5.41, 5.74) is 6.26. The second-order valence-electron chi connectivity index (χ2n) is 8.06. The molecule has 156 valence electrons. The summed E-state index contributed by atoms with van der Waals surface area (Å²) in [5, 5.41) is 8.08. The van der Waals surface area contributed by atoms with E-state index < -0.39 is 0 Å². The molecule has 1 N–H and O–H groups in total. The van der Waals surface area contributed by atoms with E-state index in [9.17, 15) is 4.79 Å². The Morgan fingerprint density at radius 1 is 1.03 bits per heavy atom. The van der Waals surface area contributed by atoms with E-state index in [1.807, 2.05) is 43.3 Å². The third kappa shape index (κ3) is 3.77. The van der Waals surface area contributed by atoms with Crippen molar-refractivity contribution in [1.29, 1.82) is 0 Å². The van der Waals surface area contributed by atoms with Gasteiger partial charge in [-0.3, -0.25) is 4.79 Å². The van der Waals surface area contributed by atoms with Gasteiger partial charge >= 0.3 is 0 Å². The highest BCUT2D eigenvalue weighted by molar-refractivity contribution is 6.05. The molecule has 1 fully saturated rings. The number of anilines is 2. The largest absolute Gasteiger partial charge is 0.357 e. The van der Waals surface area contributed by atoms with Crippen LogP contribution in [0.1, 0.15) is 34.5 Å². The number of carbonyl (C=O) groups is 1. The molecule has 1 saturated heterocycles. The van der Waals surface area contributed by atoms with Gasteiger partial charge in [0.15, 0.2) is 5.58 Å². The summed E-state index contributed by atoms with van der Waals surface area (Å²) < 4.78 is 5.33. The molecule has 0 atom stereocenters. The van der Waals surface area contributed by atoms with Crippen molar-refractivity contribution in [2.45, 2.75) is 26.7 Å². The third-order valence-electron chi connectivity index (χ3n) is 5.89. The average Bonchev–Trinajstić information content (AvgIpc) is 3.45. The van der Waals surface area contributed by atoms with Crippen LogP contribution in [0.3, 0.4) is 0 Å². The molecule has 0 bridgehead atoms. The molecule has 2 aromatic heterocycles. The van der Waals surface area contributed by atoms with Gasteiger partial charge in [-0.2, -0.15) is 0 Å². The van der Waals surface area contributed by atoms with Crippen LogP contribution in [0.4, 0.5) is 11.5 Å². The summed E-state index contributed by atoms with van der Waals surface area (Å²) in [6.45, 7) is 5.99. The van der Waals surface area contributed by atoms with Crippen molar-refractivity contribution in [3.63, 3.8) is 0 Å². The SMILES string of the molecule is Cc1ccc(NC(=O)c2ccnc(N3CCCC3)c2)cc1-c1ccc2onc(C)c2c1. The van der Waals surface area contributed by atoms with Crippen molar-refractivity contribution in [2.75, 3.05) is 23.3 Å². The second kappa shape index (κ2) is 7.87. The number of hydrogen-bond acceptors (Lipinski definition) is 5. The van der Waals surface area contributed by atoms with Crippen molar-refractivity contribution in [2.24, 2.45) is 0 Å². The number of aromatic nitrogens is 2. The predicted octanol–water partition coefficient (Wildman–Crippen LogP) is 5.36. The first-order valence-electron chi connectivity index (χ1n) is 10.6. The first kappa shape index (κ1) is 19.3. The molecule has 5 rings (SSSR count). The van der Waals surface area contributed by atoms with Crippen LogP contribution in [0.15, 0.2) is 59.3 Å². The molecule has 0 saturated carbocycles. The van der Waals surface area contributed by atoms with E-state index in [-0.39, 0.29) is 5.91 Å². The van der Waals surface area contributed by atoms with Gasteiger partial charge in [-0.15, -0.1) is 0 Å². The van der Waals surface area contributed by atoms with Crippen molar-refractivity contribution < 1.29 is 9.32 Å². The first-order valence-corrected chi connectivity index (χ1v) is 10.6. The lowest BCUT2D eigenvalue weighted by atomic mass is 9.98. The molecule has 31 heavy (non-hydrogen) atoms. The van der Waals surface area contributed by atoms with Crippen molar-refractivity contribution in [1.82, 2.24) is 10.1 Å². The normalized spacial score (nSPS) is 13.7. The lowest BCUT2D eigenvalue weighted by Gasteiger charge is -2.17. The monoisotopic (exact) mass is 412 g/mol. The molecule has 0 radical (unpaired) electrons. The molecule has 0 aliphatic carbocycles. The minimum Gasteiger partial charge on any atom is -0.357 e. The smallest absolute Gasteiger partial charge is 0.255 e. The van der Waals surface area contributed by atoms with Crippen LogP contribution < -0.4 is 10.2 Å². The topological polar surface area (TPSA) is 71.3 Å². The summed E-state index contributed by atoms with van der Waals surface area (Å²) >= 11 is 0. The molecule has 3 heterocycles. The highest BCUT2D eigenvalue weighted by atomic mass is 16.5. The lowest BCUT2D eigenvalue weighted by molar-refractivity contribution is 0.102. The van der Waals surface area contributed by atoms with Gasteiger partial charge in [-0.1, -0.05) is 17.3 Å². The molecule has 0 unspecified atom stereocenters. The second-order valence-corrected chi connectivity index (χ2v) is 8.06. The van der Waals surface area contributed by atoms with E-state index in [0.717, 1.165) is 57.9 Å². The number of hydrogen-bond donors (Lipinski definition) is 1. The molecule has 6 nitrogen and oxygen atoms in total. The summed E-state index contributed by atoms with van der Waals surface area (Å²) in [5.74, 6) is 0.732. The zero-order chi connectivity index (χ0) is 21.4. The number of carbonyl (C=O) groups excluding carboxylic acids is 1. The fourth-order valence-electron chi connectivity index (χ4n) is 4.12. The highest BCUT2D eigenvalue weighted by Gasteiger charge is 2.16. The maximum absolute atomic E-state index is 12.9. The molecule has 1 aliphatic heterocycles. The van der Waals surface area contributed by atoms with Gasteiger partial charge in [-0.05, 0) is 79.8 Å². The number of aryl methyl sites for hydroxylation is 2. The fourth-order valence-corrected chi connectivity index (χ4v) is 4.12.